The smallest absolute Gasteiger partial charge is 0.309 e. The molecule has 0 unspecified atom stereocenters. The number of hydrogen-bond acceptors (Lipinski definition) is 1. The molecule has 0 saturated heterocycles. The van der Waals surface area contributed by atoms with Gasteiger partial charge in [0.05, 0.1) is 5.41 Å². The Kier molecular flexibility index (Phi) is 1.43. The second-order valence-corrected chi connectivity index (χ2v) is 4.88. The lowest BCUT2D eigenvalue weighted by Gasteiger charge is -2.68. The van der Waals surface area contributed by atoms with Gasteiger partial charge in [-0.25, -0.2) is 4.39 Å². The number of aliphatic carboxylic acids is 1. The average Bonchev–Trinajstić information content (AvgIpc) is 2.02. The van der Waals surface area contributed by atoms with Crippen molar-refractivity contribution in [1.29, 1.82) is 0 Å². The Bertz CT molecular complexity index is 433. The number of carboxylic acids is 1. The Labute approximate surface area is 86.7 Å². The Hall–Kier alpha value is -1.38. The van der Waals surface area contributed by atoms with Crippen LogP contribution < -0.4 is 0 Å². The van der Waals surface area contributed by atoms with E-state index in [4.69, 9.17) is 5.11 Å². The minimum absolute atomic E-state index is 0.163. The molecule has 0 radical (unpaired) electrons. The van der Waals surface area contributed by atoms with Crippen LogP contribution in [0.2, 0.25) is 0 Å². The third-order valence-corrected chi connectivity index (χ3v) is 3.93. The van der Waals surface area contributed by atoms with Crippen LogP contribution in [0.5, 0.6) is 0 Å². The number of halogens is 1. The first-order chi connectivity index (χ1) is 7.08. The molecule has 0 spiro atoms. The predicted molar refractivity (Wildman–Crippen MR) is 52.0 cm³/mol. The van der Waals surface area contributed by atoms with Crippen molar-refractivity contribution in [1.82, 2.24) is 0 Å². The van der Waals surface area contributed by atoms with E-state index in [9.17, 15) is 9.18 Å². The van der Waals surface area contributed by atoms with Crippen molar-refractivity contribution in [3.63, 3.8) is 0 Å². The highest BCUT2D eigenvalue weighted by Gasteiger charge is 2.72. The molecule has 3 fully saturated rings. The van der Waals surface area contributed by atoms with Crippen LogP contribution >= 0.6 is 0 Å². The standard InChI is InChI=1S/C12H11FO2/c13-9-4-2-1-3-8(9)11-5-12(6-11,7-11)10(14)15/h1-4H,5-7H2,(H,14,15). The molecule has 3 saturated carbocycles. The minimum atomic E-state index is -0.722. The van der Waals surface area contributed by atoms with Crippen molar-refractivity contribution in [2.45, 2.75) is 24.7 Å². The molecule has 3 aliphatic rings. The van der Waals surface area contributed by atoms with Gasteiger partial charge < -0.3 is 5.11 Å². The van der Waals surface area contributed by atoms with E-state index in [1.807, 2.05) is 6.07 Å². The fourth-order valence-electron chi connectivity index (χ4n) is 3.19. The Morgan fingerprint density at radius 2 is 1.87 bits per heavy atom. The minimum Gasteiger partial charge on any atom is -0.481 e. The largest absolute Gasteiger partial charge is 0.481 e. The van der Waals surface area contributed by atoms with Gasteiger partial charge in [-0.3, -0.25) is 4.79 Å². The summed E-state index contributed by atoms with van der Waals surface area (Å²) < 4.78 is 13.5. The molecule has 0 aliphatic heterocycles. The first-order valence-electron chi connectivity index (χ1n) is 5.07. The maximum Gasteiger partial charge on any atom is 0.309 e. The summed E-state index contributed by atoms with van der Waals surface area (Å²) in [5.41, 5.74) is 0.0135. The third-order valence-electron chi connectivity index (χ3n) is 3.93. The lowest BCUT2D eigenvalue weighted by molar-refractivity contribution is -0.195. The molecule has 0 heterocycles. The zero-order chi connectivity index (χ0) is 10.7. The van der Waals surface area contributed by atoms with Crippen LogP contribution in [0.15, 0.2) is 24.3 Å². The fraction of sp³-hybridized carbons (Fsp3) is 0.417. The molecular weight excluding hydrogens is 195 g/mol. The number of benzene rings is 1. The Morgan fingerprint density at radius 3 is 2.40 bits per heavy atom. The maximum absolute atomic E-state index is 13.5. The van der Waals surface area contributed by atoms with Crippen molar-refractivity contribution in [2.75, 3.05) is 0 Å². The summed E-state index contributed by atoms with van der Waals surface area (Å²) in [6.07, 6.45) is 1.82. The molecule has 4 rings (SSSR count). The topological polar surface area (TPSA) is 37.3 Å². The molecule has 2 nitrogen and oxygen atoms in total. The van der Waals surface area contributed by atoms with Gasteiger partial charge in [-0.1, -0.05) is 18.2 Å². The van der Waals surface area contributed by atoms with Crippen LogP contribution in [-0.2, 0) is 10.2 Å². The fourth-order valence-corrected chi connectivity index (χ4v) is 3.19. The van der Waals surface area contributed by atoms with E-state index in [2.05, 4.69) is 0 Å². The molecule has 78 valence electrons. The van der Waals surface area contributed by atoms with Gasteiger partial charge in [0.1, 0.15) is 5.82 Å². The van der Waals surface area contributed by atoms with Crippen LogP contribution in [0.25, 0.3) is 0 Å². The quantitative estimate of drug-likeness (QED) is 0.806. The summed E-state index contributed by atoms with van der Waals surface area (Å²) in [5.74, 6) is -0.920. The van der Waals surface area contributed by atoms with E-state index < -0.39 is 11.4 Å². The number of carboxylic acid groups (broad SMARTS) is 1. The Morgan fingerprint density at radius 1 is 1.27 bits per heavy atom. The number of rotatable bonds is 2. The van der Waals surface area contributed by atoms with E-state index in [0.717, 1.165) is 0 Å². The van der Waals surface area contributed by atoms with Gasteiger partial charge in [-0.15, -0.1) is 0 Å². The van der Waals surface area contributed by atoms with Gasteiger partial charge in [-0.05, 0) is 30.9 Å². The normalized spacial score (nSPS) is 36.6. The highest BCUT2D eigenvalue weighted by molar-refractivity contribution is 5.80. The highest BCUT2D eigenvalue weighted by atomic mass is 19.1. The van der Waals surface area contributed by atoms with E-state index in [1.165, 1.54) is 6.07 Å². The van der Waals surface area contributed by atoms with E-state index in [1.54, 1.807) is 12.1 Å². The Balaban J connectivity index is 1.90. The molecule has 1 N–H and O–H groups in total. The number of carbonyl (C=O) groups is 1. The maximum atomic E-state index is 13.5. The first-order valence-corrected chi connectivity index (χ1v) is 5.07. The summed E-state index contributed by atoms with van der Waals surface area (Å²) in [6.45, 7) is 0. The summed E-state index contributed by atoms with van der Waals surface area (Å²) in [5, 5.41) is 8.97. The van der Waals surface area contributed by atoms with Crippen molar-refractivity contribution in [3.05, 3.63) is 35.6 Å². The van der Waals surface area contributed by atoms with Gasteiger partial charge >= 0.3 is 5.97 Å². The van der Waals surface area contributed by atoms with Crippen molar-refractivity contribution in [3.8, 4) is 0 Å². The third kappa shape index (κ3) is 0.907. The van der Waals surface area contributed by atoms with Gasteiger partial charge in [0.25, 0.3) is 0 Å². The van der Waals surface area contributed by atoms with E-state index in [0.29, 0.717) is 24.8 Å². The zero-order valence-electron chi connectivity index (χ0n) is 8.16. The molecule has 0 aromatic heterocycles. The lowest BCUT2D eigenvalue weighted by Crippen LogP contribution is -2.68. The summed E-state index contributed by atoms with van der Waals surface area (Å²) in [7, 11) is 0. The van der Waals surface area contributed by atoms with Gasteiger partial charge in [-0.2, -0.15) is 0 Å². The van der Waals surface area contributed by atoms with Crippen LogP contribution in [0.1, 0.15) is 24.8 Å². The monoisotopic (exact) mass is 206 g/mol. The second-order valence-electron chi connectivity index (χ2n) is 4.88. The molecule has 3 aliphatic carbocycles. The molecule has 0 amide bonds. The average molecular weight is 206 g/mol. The van der Waals surface area contributed by atoms with Crippen LogP contribution in [0, 0.1) is 11.2 Å². The molecule has 1 aromatic rings. The molecule has 0 atom stereocenters. The van der Waals surface area contributed by atoms with E-state index >= 15 is 0 Å². The summed E-state index contributed by atoms with van der Waals surface area (Å²) in [4.78, 5) is 10.9. The van der Waals surface area contributed by atoms with Gasteiger partial charge in [0.2, 0.25) is 0 Å². The second kappa shape index (κ2) is 2.40. The van der Waals surface area contributed by atoms with E-state index in [-0.39, 0.29) is 11.2 Å². The van der Waals surface area contributed by atoms with Gasteiger partial charge in [0.15, 0.2) is 0 Å². The molecule has 1 aromatic carbocycles. The molecule has 3 heteroatoms. The molecular formula is C12H11FO2. The summed E-state index contributed by atoms with van der Waals surface area (Å²) in [6, 6.07) is 6.70. The van der Waals surface area contributed by atoms with Crippen molar-refractivity contribution in [2.24, 2.45) is 5.41 Å². The van der Waals surface area contributed by atoms with Gasteiger partial charge in [0, 0.05) is 5.41 Å². The molecule has 2 bridgehead atoms. The molecule has 15 heavy (non-hydrogen) atoms. The summed E-state index contributed by atoms with van der Waals surface area (Å²) >= 11 is 0. The van der Waals surface area contributed by atoms with Crippen LogP contribution in [-0.4, -0.2) is 11.1 Å². The highest BCUT2D eigenvalue weighted by Crippen LogP contribution is 2.73. The first kappa shape index (κ1) is 8.89. The predicted octanol–water partition coefficient (Wildman–Crippen LogP) is 2.33. The van der Waals surface area contributed by atoms with Crippen LogP contribution in [0.4, 0.5) is 4.39 Å². The lowest BCUT2D eigenvalue weighted by atomic mass is 9.33. The van der Waals surface area contributed by atoms with Crippen LogP contribution in [0.3, 0.4) is 0 Å². The SMILES string of the molecule is O=C(O)C12CC(c3ccccc3F)(C1)C2. The number of hydrogen-bond donors (Lipinski definition) is 1. The van der Waals surface area contributed by atoms with Crippen molar-refractivity contribution < 1.29 is 14.3 Å². The zero-order valence-corrected chi connectivity index (χ0v) is 8.16. The van der Waals surface area contributed by atoms with Crippen molar-refractivity contribution >= 4 is 5.97 Å².